The second kappa shape index (κ2) is 7.45. The summed E-state index contributed by atoms with van der Waals surface area (Å²) in [5, 5.41) is 3.01. The summed E-state index contributed by atoms with van der Waals surface area (Å²) < 4.78 is 7.20. The lowest BCUT2D eigenvalue weighted by Gasteiger charge is -2.08. The lowest BCUT2D eigenvalue weighted by Crippen LogP contribution is -2.22. The highest BCUT2D eigenvalue weighted by Gasteiger charge is 2.15. The van der Waals surface area contributed by atoms with E-state index in [4.69, 9.17) is 4.74 Å². The van der Waals surface area contributed by atoms with Gasteiger partial charge in [-0.15, -0.1) is 0 Å². The Balaban J connectivity index is 1.55. The minimum atomic E-state index is -0.0700. The average molecular weight is 360 g/mol. The van der Waals surface area contributed by atoms with Crippen LogP contribution in [0.1, 0.15) is 17.7 Å². The van der Waals surface area contributed by atoms with Crippen LogP contribution in [0, 0.1) is 6.92 Å². The SMILES string of the molecule is Cc1nc2c(-c3ccccn3)c[nH]n2c(=O)c1CCCOc1ccccc1. The molecule has 3 aromatic heterocycles. The molecule has 0 amide bonds. The first-order valence-corrected chi connectivity index (χ1v) is 8.93. The quantitative estimate of drug-likeness (QED) is 0.535. The Bertz CT molecular complexity index is 1100. The zero-order valence-corrected chi connectivity index (χ0v) is 15.1. The van der Waals surface area contributed by atoms with Crippen molar-refractivity contribution in [3.8, 4) is 17.0 Å². The van der Waals surface area contributed by atoms with Crippen molar-refractivity contribution in [1.29, 1.82) is 0 Å². The van der Waals surface area contributed by atoms with Crippen molar-refractivity contribution in [2.75, 3.05) is 6.61 Å². The van der Waals surface area contributed by atoms with Gasteiger partial charge in [-0.3, -0.25) is 14.9 Å². The van der Waals surface area contributed by atoms with Crippen LogP contribution >= 0.6 is 0 Å². The van der Waals surface area contributed by atoms with Gasteiger partial charge in [-0.25, -0.2) is 9.50 Å². The fourth-order valence-corrected chi connectivity index (χ4v) is 3.11. The number of ether oxygens (including phenoxy) is 1. The van der Waals surface area contributed by atoms with Gasteiger partial charge in [0.2, 0.25) is 0 Å². The molecule has 0 aliphatic heterocycles. The maximum absolute atomic E-state index is 12.9. The molecule has 0 unspecified atom stereocenters. The van der Waals surface area contributed by atoms with Crippen molar-refractivity contribution in [2.24, 2.45) is 0 Å². The van der Waals surface area contributed by atoms with E-state index in [1.807, 2.05) is 55.5 Å². The minimum Gasteiger partial charge on any atom is -0.494 e. The molecule has 1 aromatic carbocycles. The molecule has 4 aromatic rings. The van der Waals surface area contributed by atoms with Gasteiger partial charge in [-0.05, 0) is 44.0 Å². The normalized spacial score (nSPS) is 11.0. The van der Waals surface area contributed by atoms with E-state index < -0.39 is 0 Å². The van der Waals surface area contributed by atoms with Crippen LogP contribution in [0.25, 0.3) is 16.9 Å². The number of aromatic nitrogens is 4. The van der Waals surface area contributed by atoms with E-state index in [2.05, 4.69) is 15.1 Å². The van der Waals surface area contributed by atoms with Crippen LogP contribution in [-0.2, 0) is 6.42 Å². The summed E-state index contributed by atoms with van der Waals surface area (Å²) in [7, 11) is 0. The predicted molar refractivity (Wildman–Crippen MR) is 104 cm³/mol. The van der Waals surface area contributed by atoms with Crippen LogP contribution in [0.5, 0.6) is 5.75 Å². The molecular formula is C21H20N4O2. The predicted octanol–water partition coefficient (Wildman–Crippen LogP) is 3.40. The van der Waals surface area contributed by atoms with Crippen LogP contribution in [0.4, 0.5) is 0 Å². The first-order valence-electron chi connectivity index (χ1n) is 8.93. The van der Waals surface area contributed by atoms with Gasteiger partial charge in [-0.2, -0.15) is 0 Å². The van der Waals surface area contributed by atoms with Gasteiger partial charge in [0.15, 0.2) is 5.65 Å². The first kappa shape index (κ1) is 17.0. The van der Waals surface area contributed by atoms with Gasteiger partial charge in [0.05, 0.1) is 17.9 Å². The molecule has 4 rings (SSSR count). The van der Waals surface area contributed by atoms with E-state index >= 15 is 0 Å². The number of fused-ring (bicyclic) bond motifs is 1. The zero-order valence-electron chi connectivity index (χ0n) is 15.1. The highest BCUT2D eigenvalue weighted by atomic mass is 16.5. The molecule has 1 N–H and O–H groups in total. The van der Waals surface area contributed by atoms with Crippen LogP contribution < -0.4 is 10.3 Å². The monoisotopic (exact) mass is 360 g/mol. The Labute approximate surface area is 156 Å². The van der Waals surface area contributed by atoms with Crippen molar-refractivity contribution >= 4 is 5.65 Å². The van der Waals surface area contributed by atoms with Gasteiger partial charge in [0, 0.05) is 23.7 Å². The molecule has 0 spiro atoms. The van der Waals surface area contributed by atoms with Crippen molar-refractivity contribution in [3.05, 3.63) is 82.5 Å². The van der Waals surface area contributed by atoms with Crippen molar-refractivity contribution in [2.45, 2.75) is 19.8 Å². The molecule has 0 saturated carbocycles. The second-order valence-electron chi connectivity index (χ2n) is 6.31. The summed E-state index contributed by atoms with van der Waals surface area (Å²) in [6.45, 7) is 2.43. The molecule has 0 atom stereocenters. The van der Waals surface area contributed by atoms with Crippen LogP contribution in [0.2, 0.25) is 0 Å². The number of hydrogen-bond acceptors (Lipinski definition) is 4. The van der Waals surface area contributed by atoms with Gasteiger partial charge in [0.25, 0.3) is 5.56 Å². The number of hydrogen-bond donors (Lipinski definition) is 1. The summed E-state index contributed by atoms with van der Waals surface area (Å²) in [4.78, 5) is 21.9. The Morgan fingerprint density at radius 2 is 1.93 bits per heavy atom. The third-order valence-electron chi connectivity index (χ3n) is 4.49. The number of benzene rings is 1. The van der Waals surface area contributed by atoms with Gasteiger partial charge in [0.1, 0.15) is 5.75 Å². The molecule has 3 heterocycles. The molecule has 0 aliphatic carbocycles. The second-order valence-corrected chi connectivity index (χ2v) is 6.31. The smallest absolute Gasteiger partial charge is 0.276 e. The highest BCUT2D eigenvalue weighted by Crippen LogP contribution is 2.20. The van der Waals surface area contributed by atoms with E-state index in [1.165, 1.54) is 4.52 Å². The molecule has 0 bridgehead atoms. The molecule has 136 valence electrons. The zero-order chi connectivity index (χ0) is 18.6. The number of H-pyrrole nitrogens is 1. The number of aryl methyl sites for hydroxylation is 1. The van der Waals surface area contributed by atoms with E-state index in [1.54, 1.807) is 12.4 Å². The molecule has 0 aliphatic rings. The average Bonchev–Trinajstić information content (AvgIpc) is 3.12. The topological polar surface area (TPSA) is 72.3 Å². The minimum absolute atomic E-state index is 0.0700. The fraction of sp³-hybridized carbons (Fsp3) is 0.190. The molecule has 6 heteroatoms. The van der Waals surface area contributed by atoms with Crippen molar-refractivity contribution < 1.29 is 4.74 Å². The number of para-hydroxylation sites is 1. The Hall–Kier alpha value is -3.41. The van der Waals surface area contributed by atoms with E-state index in [0.717, 1.165) is 29.1 Å². The third kappa shape index (κ3) is 3.46. The molecule has 27 heavy (non-hydrogen) atoms. The van der Waals surface area contributed by atoms with Crippen molar-refractivity contribution in [1.82, 2.24) is 19.6 Å². The summed E-state index contributed by atoms with van der Waals surface area (Å²) in [5.74, 6) is 0.837. The lowest BCUT2D eigenvalue weighted by atomic mass is 10.1. The van der Waals surface area contributed by atoms with Crippen LogP contribution in [0.15, 0.2) is 65.7 Å². The Kier molecular flexibility index (Phi) is 4.70. The number of aromatic amines is 1. The molecule has 0 saturated heterocycles. The number of rotatable bonds is 6. The third-order valence-corrected chi connectivity index (χ3v) is 4.49. The fourth-order valence-electron chi connectivity index (χ4n) is 3.11. The molecular weight excluding hydrogens is 340 g/mol. The largest absolute Gasteiger partial charge is 0.494 e. The lowest BCUT2D eigenvalue weighted by molar-refractivity contribution is 0.310. The van der Waals surface area contributed by atoms with Gasteiger partial charge >= 0.3 is 0 Å². The van der Waals surface area contributed by atoms with E-state index in [-0.39, 0.29) is 5.56 Å². The molecule has 0 fully saturated rings. The van der Waals surface area contributed by atoms with Crippen LogP contribution in [0.3, 0.4) is 0 Å². The van der Waals surface area contributed by atoms with Gasteiger partial charge < -0.3 is 4.74 Å². The van der Waals surface area contributed by atoms with E-state index in [0.29, 0.717) is 24.2 Å². The number of nitrogens with one attached hydrogen (secondary N) is 1. The highest BCUT2D eigenvalue weighted by molar-refractivity contribution is 5.74. The summed E-state index contributed by atoms with van der Waals surface area (Å²) >= 11 is 0. The van der Waals surface area contributed by atoms with E-state index in [9.17, 15) is 4.79 Å². The summed E-state index contributed by atoms with van der Waals surface area (Å²) in [6.07, 6.45) is 4.86. The Morgan fingerprint density at radius 1 is 1.11 bits per heavy atom. The van der Waals surface area contributed by atoms with Crippen molar-refractivity contribution in [3.63, 3.8) is 0 Å². The number of nitrogens with zero attached hydrogens (tertiary/aromatic N) is 3. The molecule has 6 nitrogen and oxygen atoms in total. The molecule has 0 radical (unpaired) electrons. The summed E-state index contributed by atoms with van der Waals surface area (Å²) in [6, 6.07) is 15.4. The number of pyridine rings is 1. The first-order chi connectivity index (χ1) is 13.2. The van der Waals surface area contributed by atoms with Crippen LogP contribution in [-0.4, -0.2) is 26.2 Å². The standard InChI is InChI=1S/C21H20N4O2/c1-15-17(10-7-13-27-16-8-3-2-4-9-16)21(26)25-20(24-15)18(14-23-25)19-11-5-6-12-22-19/h2-6,8-9,11-12,14,23H,7,10,13H2,1H3. The maximum atomic E-state index is 12.9. The maximum Gasteiger partial charge on any atom is 0.276 e. The van der Waals surface area contributed by atoms with Gasteiger partial charge in [-0.1, -0.05) is 24.3 Å². The summed E-state index contributed by atoms with van der Waals surface area (Å²) in [5.41, 5.74) is 3.58. The Morgan fingerprint density at radius 3 is 2.70 bits per heavy atom.